The van der Waals surface area contributed by atoms with Crippen LogP contribution in [0.2, 0.25) is 0 Å². The zero-order chi connectivity index (χ0) is 15.4. The van der Waals surface area contributed by atoms with Crippen molar-refractivity contribution in [1.82, 2.24) is 20.2 Å². The van der Waals surface area contributed by atoms with Gasteiger partial charge >= 0.3 is 0 Å². The van der Waals surface area contributed by atoms with Crippen LogP contribution in [0.4, 0.5) is 14.7 Å². The number of rotatable bonds is 5. The molecule has 2 aromatic rings. The first-order valence-electron chi connectivity index (χ1n) is 6.11. The molecule has 1 aromatic heterocycles. The van der Waals surface area contributed by atoms with E-state index in [0.29, 0.717) is 12.6 Å². The van der Waals surface area contributed by atoms with E-state index in [0.717, 1.165) is 12.1 Å². The molecule has 1 unspecified atom stereocenters. The first-order chi connectivity index (χ1) is 10.0. The number of hydrogen-bond donors (Lipinski definition) is 1. The molecule has 0 radical (unpaired) electrons. The van der Waals surface area contributed by atoms with Crippen LogP contribution < -0.4 is 5.32 Å². The van der Waals surface area contributed by atoms with Crippen LogP contribution in [0, 0.1) is 11.6 Å². The van der Waals surface area contributed by atoms with E-state index in [1.54, 1.807) is 6.92 Å². The second kappa shape index (κ2) is 6.35. The largest absolute Gasteiger partial charge is 0.367 e. The van der Waals surface area contributed by atoms with Gasteiger partial charge in [-0.3, -0.25) is 10.1 Å². The summed E-state index contributed by atoms with van der Waals surface area (Å²) >= 11 is 0. The number of aryl methyl sites for hydroxylation is 1. The number of tetrazole rings is 1. The lowest BCUT2D eigenvalue weighted by Crippen LogP contribution is -2.23. The van der Waals surface area contributed by atoms with Crippen LogP contribution in [-0.2, 0) is 16.1 Å². The van der Waals surface area contributed by atoms with E-state index in [1.165, 1.54) is 11.9 Å². The van der Waals surface area contributed by atoms with Gasteiger partial charge in [0.15, 0.2) is 6.10 Å². The van der Waals surface area contributed by atoms with Gasteiger partial charge in [0.1, 0.15) is 11.6 Å². The summed E-state index contributed by atoms with van der Waals surface area (Å²) in [6.07, 6.45) is -1.19. The smallest absolute Gasteiger partial charge is 0.270 e. The molecule has 1 atom stereocenters. The minimum Gasteiger partial charge on any atom is -0.367 e. The number of carbonyl (C=O) groups excluding carboxylic acids is 1. The second-order valence-electron chi connectivity index (χ2n) is 4.11. The molecule has 0 fully saturated rings. The lowest BCUT2D eigenvalue weighted by molar-refractivity contribution is -0.126. The SMILES string of the molecule is CCn1nnc(NC(=O)C(OC)c2cc(F)cc(F)c2)n1. The average Bonchev–Trinajstić information content (AvgIpc) is 2.86. The van der Waals surface area contributed by atoms with Crippen molar-refractivity contribution in [2.45, 2.75) is 19.6 Å². The summed E-state index contributed by atoms with van der Waals surface area (Å²) in [5, 5.41) is 13.5. The maximum absolute atomic E-state index is 13.2. The van der Waals surface area contributed by atoms with Crippen molar-refractivity contribution in [2.75, 3.05) is 12.4 Å². The number of nitrogens with zero attached hydrogens (tertiary/aromatic N) is 4. The molecular formula is C12H13F2N5O2. The van der Waals surface area contributed by atoms with Crippen molar-refractivity contribution >= 4 is 11.9 Å². The van der Waals surface area contributed by atoms with Gasteiger partial charge in [-0.2, -0.15) is 4.80 Å². The van der Waals surface area contributed by atoms with E-state index >= 15 is 0 Å². The molecule has 1 aromatic carbocycles. The monoisotopic (exact) mass is 297 g/mol. The number of benzene rings is 1. The molecular weight excluding hydrogens is 284 g/mol. The molecule has 0 aliphatic carbocycles. The third-order valence-corrected chi connectivity index (χ3v) is 2.63. The van der Waals surface area contributed by atoms with Crippen LogP contribution in [0.25, 0.3) is 0 Å². The third kappa shape index (κ3) is 3.57. The standard InChI is InChI=1S/C12H13F2N5O2/c1-3-19-17-12(16-18-19)15-11(20)10(21-2)7-4-8(13)6-9(14)5-7/h4-6,10H,3H2,1-2H3,(H,15,17,20). The highest BCUT2D eigenvalue weighted by Crippen LogP contribution is 2.20. The summed E-state index contributed by atoms with van der Waals surface area (Å²) < 4.78 is 31.4. The Bertz CT molecular complexity index is 626. The number of nitrogens with one attached hydrogen (secondary N) is 1. The van der Waals surface area contributed by atoms with Crippen LogP contribution in [0.3, 0.4) is 0 Å². The predicted octanol–water partition coefficient (Wildman–Crippen LogP) is 1.30. The van der Waals surface area contributed by atoms with Gasteiger partial charge in [-0.15, -0.1) is 5.10 Å². The van der Waals surface area contributed by atoms with E-state index in [4.69, 9.17) is 4.74 Å². The molecule has 0 saturated carbocycles. The molecule has 0 aliphatic heterocycles. The fourth-order valence-electron chi connectivity index (χ4n) is 1.72. The van der Waals surface area contributed by atoms with Gasteiger partial charge in [0.2, 0.25) is 0 Å². The lowest BCUT2D eigenvalue weighted by atomic mass is 10.1. The van der Waals surface area contributed by atoms with Gasteiger partial charge in [-0.1, -0.05) is 5.10 Å². The van der Waals surface area contributed by atoms with Crippen molar-refractivity contribution in [3.63, 3.8) is 0 Å². The highest BCUT2D eigenvalue weighted by Gasteiger charge is 2.23. The van der Waals surface area contributed by atoms with Crippen LogP contribution >= 0.6 is 0 Å². The van der Waals surface area contributed by atoms with Crippen LogP contribution in [0.15, 0.2) is 18.2 Å². The Morgan fingerprint density at radius 3 is 2.57 bits per heavy atom. The van der Waals surface area contributed by atoms with Crippen molar-refractivity contribution in [1.29, 1.82) is 0 Å². The van der Waals surface area contributed by atoms with Crippen molar-refractivity contribution in [3.8, 4) is 0 Å². The maximum Gasteiger partial charge on any atom is 0.270 e. The van der Waals surface area contributed by atoms with Crippen LogP contribution in [-0.4, -0.2) is 33.2 Å². The summed E-state index contributed by atoms with van der Waals surface area (Å²) in [5.41, 5.74) is 0.0513. The predicted molar refractivity (Wildman–Crippen MR) is 68.2 cm³/mol. The molecule has 7 nitrogen and oxygen atoms in total. The zero-order valence-corrected chi connectivity index (χ0v) is 11.4. The number of methoxy groups -OCH3 is 1. The topological polar surface area (TPSA) is 81.9 Å². The molecule has 112 valence electrons. The first kappa shape index (κ1) is 15.0. The Kier molecular flexibility index (Phi) is 4.53. The Morgan fingerprint density at radius 1 is 1.38 bits per heavy atom. The molecule has 1 N–H and O–H groups in total. The minimum absolute atomic E-state index is 0.0132. The molecule has 0 aliphatic rings. The van der Waals surface area contributed by atoms with E-state index in [1.807, 2.05) is 0 Å². The second-order valence-corrected chi connectivity index (χ2v) is 4.11. The Labute approximate surface area is 118 Å². The fourth-order valence-corrected chi connectivity index (χ4v) is 1.72. The molecule has 0 saturated heterocycles. The highest BCUT2D eigenvalue weighted by molar-refractivity contribution is 5.93. The summed E-state index contributed by atoms with van der Waals surface area (Å²) in [6, 6.07) is 2.75. The highest BCUT2D eigenvalue weighted by atomic mass is 19.1. The van der Waals surface area contributed by atoms with Crippen molar-refractivity contribution in [2.24, 2.45) is 0 Å². The summed E-state index contributed by atoms with van der Waals surface area (Å²) in [6.45, 7) is 2.30. The maximum atomic E-state index is 13.2. The zero-order valence-electron chi connectivity index (χ0n) is 11.4. The normalized spacial score (nSPS) is 12.2. The number of aromatic nitrogens is 4. The van der Waals surface area contributed by atoms with Crippen LogP contribution in [0.1, 0.15) is 18.6 Å². The van der Waals surface area contributed by atoms with Crippen molar-refractivity contribution < 1.29 is 18.3 Å². The summed E-state index contributed by atoms with van der Waals surface area (Å²) in [5.74, 6) is -2.26. The molecule has 0 spiro atoms. The molecule has 1 amide bonds. The Morgan fingerprint density at radius 2 is 2.05 bits per heavy atom. The average molecular weight is 297 g/mol. The van der Waals surface area contributed by atoms with Gasteiger partial charge in [0.25, 0.3) is 11.9 Å². The fraction of sp³-hybridized carbons (Fsp3) is 0.333. The van der Waals surface area contributed by atoms with Gasteiger partial charge in [0.05, 0.1) is 6.54 Å². The molecule has 0 bridgehead atoms. The van der Waals surface area contributed by atoms with Gasteiger partial charge in [-0.05, 0) is 29.8 Å². The molecule has 2 rings (SSSR count). The number of amides is 1. The Hall–Kier alpha value is -2.42. The number of anilines is 1. The summed E-state index contributed by atoms with van der Waals surface area (Å²) in [4.78, 5) is 13.3. The van der Waals surface area contributed by atoms with E-state index in [-0.39, 0.29) is 11.5 Å². The Balaban J connectivity index is 2.18. The van der Waals surface area contributed by atoms with E-state index < -0.39 is 23.6 Å². The van der Waals surface area contributed by atoms with Gasteiger partial charge < -0.3 is 4.74 Å². The third-order valence-electron chi connectivity index (χ3n) is 2.63. The quantitative estimate of drug-likeness (QED) is 0.899. The molecule has 9 heteroatoms. The van der Waals surface area contributed by atoms with Crippen molar-refractivity contribution in [3.05, 3.63) is 35.4 Å². The number of hydrogen-bond acceptors (Lipinski definition) is 5. The molecule has 1 heterocycles. The van der Waals surface area contributed by atoms with Gasteiger partial charge in [-0.25, -0.2) is 8.78 Å². The number of halogens is 2. The van der Waals surface area contributed by atoms with Gasteiger partial charge in [0, 0.05) is 13.2 Å². The number of carbonyl (C=O) groups is 1. The minimum atomic E-state index is -1.19. The molecule has 21 heavy (non-hydrogen) atoms. The van der Waals surface area contributed by atoms with Crippen LogP contribution in [0.5, 0.6) is 0 Å². The van der Waals surface area contributed by atoms with E-state index in [2.05, 4.69) is 20.7 Å². The summed E-state index contributed by atoms with van der Waals surface area (Å²) in [7, 11) is 1.25. The number of ether oxygens (including phenoxy) is 1. The lowest BCUT2D eigenvalue weighted by Gasteiger charge is -2.14. The first-order valence-corrected chi connectivity index (χ1v) is 6.11. The van der Waals surface area contributed by atoms with E-state index in [9.17, 15) is 13.6 Å².